The second-order valence-corrected chi connectivity index (χ2v) is 8.50. The van der Waals surface area contributed by atoms with Crippen LogP contribution in [0, 0.1) is 19.8 Å². The van der Waals surface area contributed by atoms with Gasteiger partial charge in [0.1, 0.15) is 0 Å². The van der Waals surface area contributed by atoms with E-state index >= 15 is 0 Å². The number of rotatable bonds is 9. The maximum absolute atomic E-state index is 12.3. The predicted octanol–water partition coefficient (Wildman–Crippen LogP) is 4.47. The van der Waals surface area contributed by atoms with Gasteiger partial charge in [0, 0.05) is 11.7 Å². The highest BCUT2D eigenvalue weighted by Gasteiger charge is 2.17. The first-order chi connectivity index (χ1) is 14.2. The molecule has 0 aliphatic heterocycles. The van der Waals surface area contributed by atoms with Crippen molar-refractivity contribution in [2.24, 2.45) is 5.92 Å². The molecule has 0 fully saturated rings. The molecule has 1 atom stereocenters. The normalized spacial score (nSPS) is 12.1. The minimum atomic E-state index is -0.235. The number of carbonyl (C=O) groups excluding carboxylic acids is 2. The summed E-state index contributed by atoms with van der Waals surface area (Å²) < 4.78 is 0. The molecule has 2 amide bonds. The molecule has 0 saturated heterocycles. The van der Waals surface area contributed by atoms with Crippen LogP contribution >= 0.6 is 0 Å². The summed E-state index contributed by atoms with van der Waals surface area (Å²) in [6.07, 6.45) is 0. The van der Waals surface area contributed by atoms with Crippen molar-refractivity contribution in [1.29, 1.82) is 0 Å². The Morgan fingerprint density at radius 3 is 2.07 bits per heavy atom. The van der Waals surface area contributed by atoms with Gasteiger partial charge in [0.25, 0.3) is 0 Å². The summed E-state index contributed by atoms with van der Waals surface area (Å²) in [5.74, 6) is 0.387. The smallest absolute Gasteiger partial charge is 0.243 e. The van der Waals surface area contributed by atoms with E-state index in [0.717, 1.165) is 22.4 Å². The van der Waals surface area contributed by atoms with Gasteiger partial charge in [-0.2, -0.15) is 0 Å². The third-order valence-corrected chi connectivity index (χ3v) is 5.44. The second kappa shape index (κ2) is 10.9. The molecular weight excluding hydrogens is 374 g/mol. The lowest BCUT2D eigenvalue weighted by molar-refractivity contribution is -0.123. The molecule has 2 aromatic rings. The average Bonchev–Trinajstić information content (AvgIpc) is 2.70. The van der Waals surface area contributed by atoms with Crippen molar-refractivity contribution >= 4 is 17.5 Å². The van der Waals surface area contributed by atoms with Crippen LogP contribution in [-0.4, -0.2) is 24.9 Å². The Bertz CT molecular complexity index is 857. The number of benzene rings is 2. The number of aryl methyl sites for hydroxylation is 1. The van der Waals surface area contributed by atoms with E-state index in [4.69, 9.17) is 0 Å². The lowest BCUT2D eigenvalue weighted by Crippen LogP contribution is -2.40. The van der Waals surface area contributed by atoms with Crippen LogP contribution in [-0.2, 0) is 9.59 Å². The number of hydrogen-bond acceptors (Lipinski definition) is 3. The van der Waals surface area contributed by atoms with E-state index in [-0.39, 0.29) is 30.9 Å². The molecule has 3 N–H and O–H groups in total. The van der Waals surface area contributed by atoms with E-state index in [2.05, 4.69) is 67.9 Å². The van der Waals surface area contributed by atoms with Crippen molar-refractivity contribution in [3.63, 3.8) is 0 Å². The van der Waals surface area contributed by atoms with Gasteiger partial charge in [-0.05, 0) is 54.0 Å². The first-order valence-corrected chi connectivity index (χ1v) is 10.6. The molecule has 0 radical (unpaired) electrons. The molecule has 0 unspecified atom stereocenters. The molecular formula is C25H35N3O2. The van der Waals surface area contributed by atoms with Crippen LogP contribution in [0.3, 0.4) is 0 Å². The van der Waals surface area contributed by atoms with Gasteiger partial charge in [0.05, 0.1) is 13.1 Å². The Morgan fingerprint density at radius 2 is 1.47 bits per heavy atom. The van der Waals surface area contributed by atoms with Gasteiger partial charge in [0.2, 0.25) is 11.8 Å². The van der Waals surface area contributed by atoms with E-state index in [0.29, 0.717) is 11.8 Å². The second-order valence-electron chi connectivity index (χ2n) is 8.50. The van der Waals surface area contributed by atoms with E-state index in [1.165, 1.54) is 5.56 Å². The Kier molecular flexibility index (Phi) is 8.60. The third-order valence-electron chi connectivity index (χ3n) is 5.44. The standard InChI is InChI=1S/C25H35N3O2/c1-16(2)20-10-12-21(13-11-20)25(17(3)4)27-14-23(29)26-15-24(30)28-22-9-7-8-18(5)19(22)6/h7-13,16-17,25,27H,14-15H2,1-6H3,(H,26,29)(H,28,30)/t25-/m1/s1. The predicted molar refractivity (Wildman–Crippen MR) is 124 cm³/mol. The van der Waals surface area contributed by atoms with Gasteiger partial charge in [-0.3, -0.25) is 9.59 Å². The summed E-state index contributed by atoms with van der Waals surface area (Å²) in [5.41, 5.74) is 5.38. The Morgan fingerprint density at radius 1 is 0.833 bits per heavy atom. The maximum atomic E-state index is 12.3. The minimum Gasteiger partial charge on any atom is -0.346 e. The van der Waals surface area contributed by atoms with Crippen molar-refractivity contribution in [2.75, 3.05) is 18.4 Å². The van der Waals surface area contributed by atoms with Crippen LogP contribution in [0.15, 0.2) is 42.5 Å². The van der Waals surface area contributed by atoms with Gasteiger partial charge in [0.15, 0.2) is 0 Å². The number of carbonyl (C=O) groups is 2. The van der Waals surface area contributed by atoms with Gasteiger partial charge in [-0.25, -0.2) is 0 Å². The molecule has 30 heavy (non-hydrogen) atoms. The van der Waals surface area contributed by atoms with Crippen molar-refractivity contribution in [3.05, 3.63) is 64.7 Å². The zero-order valence-electron chi connectivity index (χ0n) is 19.0. The Balaban J connectivity index is 1.85. The molecule has 0 aliphatic rings. The highest BCUT2D eigenvalue weighted by atomic mass is 16.2. The fourth-order valence-electron chi connectivity index (χ4n) is 3.35. The molecule has 0 saturated carbocycles. The maximum Gasteiger partial charge on any atom is 0.243 e. The van der Waals surface area contributed by atoms with Crippen LogP contribution in [0.4, 0.5) is 5.69 Å². The number of amides is 2. The summed E-state index contributed by atoms with van der Waals surface area (Å²) in [4.78, 5) is 24.5. The molecule has 0 spiro atoms. The zero-order valence-corrected chi connectivity index (χ0v) is 19.0. The Labute approximate surface area is 180 Å². The summed E-state index contributed by atoms with van der Waals surface area (Å²) in [7, 11) is 0. The molecule has 0 bridgehead atoms. The van der Waals surface area contributed by atoms with E-state index in [1.54, 1.807) is 0 Å². The highest BCUT2D eigenvalue weighted by Crippen LogP contribution is 2.24. The Hall–Kier alpha value is -2.66. The molecule has 162 valence electrons. The van der Waals surface area contributed by atoms with Gasteiger partial charge in [-0.1, -0.05) is 64.1 Å². The van der Waals surface area contributed by atoms with Gasteiger partial charge >= 0.3 is 0 Å². The molecule has 0 heterocycles. The molecule has 0 aromatic heterocycles. The lowest BCUT2D eigenvalue weighted by Gasteiger charge is -2.23. The third kappa shape index (κ3) is 6.70. The van der Waals surface area contributed by atoms with E-state index in [1.807, 2.05) is 32.0 Å². The quantitative estimate of drug-likeness (QED) is 0.572. The van der Waals surface area contributed by atoms with E-state index in [9.17, 15) is 9.59 Å². The molecule has 5 nitrogen and oxygen atoms in total. The molecule has 0 aliphatic carbocycles. The fraction of sp³-hybridized carbons (Fsp3) is 0.440. The summed E-state index contributed by atoms with van der Waals surface area (Å²) in [6, 6.07) is 14.4. The number of anilines is 1. The zero-order chi connectivity index (χ0) is 22.3. The molecule has 2 rings (SSSR count). The average molecular weight is 410 g/mol. The van der Waals surface area contributed by atoms with Crippen molar-refractivity contribution in [2.45, 2.75) is 53.5 Å². The van der Waals surface area contributed by atoms with Crippen molar-refractivity contribution in [3.8, 4) is 0 Å². The highest BCUT2D eigenvalue weighted by molar-refractivity contribution is 5.95. The first kappa shape index (κ1) is 23.6. The molecule has 5 heteroatoms. The summed E-state index contributed by atoms with van der Waals surface area (Å²) in [5, 5.41) is 8.88. The first-order valence-electron chi connectivity index (χ1n) is 10.6. The molecule has 2 aromatic carbocycles. The minimum absolute atomic E-state index is 0.0523. The van der Waals surface area contributed by atoms with Crippen LogP contribution in [0.1, 0.15) is 61.9 Å². The van der Waals surface area contributed by atoms with Crippen LogP contribution in [0.2, 0.25) is 0 Å². The van der Waals surface area contributed by atoms with Crippen LogP contribution in [0.25, 0.3) is 0 Å². The van der Waals surface area contributed by atoms with Crippen molar-refractivity contribution in [1.82, 2.24) is 10.6 Å². The van der Waals surface area contributed by atoms with Crippen molar-refractivity contribution < 1.29 is 9.59 Å². The SMILES string of the molecule is Cc1cccc(NC(=O)CNC(=O)CN[C@@H](c2ccc(C(C)C)cc2)C(C)C)c1C. The van der Waals surface area contributed by atoms with Gasteiger partial charge < -0.3 is 16.0 Å². The largest absolute Gasteiger partial charge is 0.346 e. The fourth-order valence-corrected chi connectivity index (χ4v) is 3.35. The lowest BCUT2D eigenvalue weighted by atomic mass is 9.93. The van der Waals surface area contributed by atoms with Gasteiger partial charge in [-0.15, -0.1) is 0 Å². The van der Waals surface area contributed by atoms with E-state index < -0.39 is 0 Å². The monoisotopic (exact) mass is 409 g/mol. The topological polar surface area (TPSA) is 70.2 Å². The number of nitrogens with one attached hydrogen (secondary N) is 3. The summed E-state index contributed by atoms with van der Waals surface area (Å²) >= 11 is 0. The summed E-state index contributed by atoms with van der Waals surface area (Å²) in [6.45, 7) is 12.7. The number of hydrogen-bond donors (Lipinski definition) is 3. The van der Waals surface area contributed by atoms with Crippen LogP contribution < -0.4 is 16.0 Å². The van der Waals surface area contributed by atoms with Crippen LogP contribution in [0.5, 0.6) is 0 Å².